The highest BCUT2D eigenvalue weighted by atomic mass is 16.1. The van der Waals surface area contributed by atoms with Crippen LogP contribution >= 0.6 is 0 Å². The summed E-state index contributed by atoms with van der Waals surface area (Å²) in [5, 5.41) is 0. The number of carbonyl (C=O) groups is 1. The quantitative estimate of drug-likeness (QED) is 0.668. The van der Waals surface area contributed by atoms with E-state index in [2.05, 4.69) is 45.0 Å². The van der Waals surface area contributed by atoms with Crippen molar-refractivity contribution in [3.8, 4) is 0 Å². The number of benzene rings is 1. The van der Waals surface area contributed by atoms with E-state index < -0.39 is 0 Å². The van der Waals surface area contributed by atoms with Gasteiger partial charge in [0.2, 0.25) is 0 Å². The lowest BCUT2D eigenvalue weighted by atomic mass is 9.87. The second-order valence-electron chi connectivity index (χ2n) is 4.64. The van der Waals surface area contributed by atoms with Crippen molar-refractivity contribution >= 4 is 6.29 Å². The summed E-state index contributed by atoms with van der Waals surface area (Å²) >= 11 is 0. The number of rotatable bonds is 5. The zero-order valence-electron chi connectivity index (χ0n) is 9.86. The molecule has 0 spiro atoms. The Morgan fingerprint density at radius 3 is 2.60 bits per heavy atom. The second-order valence-corrected chi connectivity index (χ2v) is 4.64. The van der Waals surface area contributed by atoms with E-state index >= 15 is 0 Å². The van der Waals surface area contributed by atoms with Gasteiger partial charge in [0.15, 0.2) is 0 Å². The van der Waals surface area contributed by atoms with Crippen molar-refractivity contribution in [2.24, 2.45) is 5.92 Å². The standard InChI is InChI=1S/C14H20O/c1-11(2)9-14(7-8-15)13-6-4-5-12(3)10-13/h4-6,8,10-11,14H,7,9H2,1-3H3. The topological polar surface area (TPSA) is 17.1 Å². The molecule has 0 saturated carbocycles. The van der Waals surface area contributed by atoms with Crippen molar-refractivity contribution in [3.63, 3.8) is 0 Å². The normalized spacial score (nSPS) is 12.8. The summed E-state index contributed by atoms with van der Waals surface area (Å²) < 4.78 is 0. The predicted octanol–water partition coefficient (Wildman–Crippen LogP) is 3.71. The molecule has 0 saturated heterocycles. The van der Waals surface area contributed by atoms with Gasteiger partial charge in [0, 0.05) is 6.42 Å². The van der Waals surface area contributed by atoms with Crippen molar-refractivity contribution in [2.75, 3.05) is 0 Å². The SMILES string of the molecule is Cc1cccc(C(CC=O)CC(C)C)c1. The molecular weight excluding hydrogens is 184 g/mol. The summed E-state index contributed by atoms with van der Waals surface area (Å²) in [6, 6.07) is 8.49. The number of aldehydes is 1. The highest BCUT2D eigenvalue weighted by molar-refractivity contribution is 5.51. The molecule has 1 atom stereocenters. The molecular formula is C14H20O. The Labute approximate surface area is 92.5 Å². The van der Waals surface area contributed by atoms with Gasteiger partial charge in [-0.05, 0) is 30.7 Å². The first-order valence-corrected chi connectivity index (χ1v) is 5.63. The van der Waals surface area contributed by atoms with Gasteiger partial charge in [0.1, 0.15) is 6.29 Å². The fraction of sp³-hybridized carbons (Fsp3) is 0.500. The molecule has 82 valence electrons. The number of aryl methyl sites for hydroxylation is 1. The maximum Gasteiger partial charge on any atom is 0.120 e. The summed E-state index contributed by atoms with van der Waals surface area (Å²) in [6.45, 7) is 6.50. The van der Waals surface area contributed by atoms with E-state index in [1.807, 2.05) is 0 Å². The van der Waals surface area contributed by atoms with E-state index in [0.717, 1.165) is 12.7 Å². The molecule has 0 aromatic heterocycles. The van der Waals surface area contributed by atoms with Crippen molar-refractivity contribution in [2.45, 2.75) is 39.5 Å². The summed E-state index contributed by atoms with van der Waals surface area (Å²) in [5.74, 6) is 1.03. The Hall–Kier alpha value is -1.11. The van der Waals surface area contributed by atoms with Crippen LogP contribution in [-0.4, -0.2) is 6.29 Å². The molecule has 0 N–H and O–H groups in total. The molecule has 1 aromatic carbocycles. The van der Waals surface area contributed by atoms with Gasteiger partial charge in [0.05, 0.1) is 0 Å². The number of hydrogen-bond acceptors (Lipinski definition) is 1. The molecule has 15 heavy (non-hydrogen) atoms. The van der Waals surface area contributed by atoms with Crippen molar-refractivity contribution < 1.29 is 4.79 Å². The van der Waals surface area contributed by atoms with Crippen LogP contribution in [0.5, 0.6) is 0 Å². The molecule has 0 amide bonds. The minimum absolute atomic E-state index is 0.391. The minimum atomic E-state index is 0.391. The van der Waals surface area contributed by atoms with Gasteiger partial charge in [-0.2, -0.15) is 0 Å². The first-order chi connectivity index (χ1) is 7.13. The van der Waals surface area contributed by atoms with E-state index in [-0.39, 0.29) is 0 Å². The molecule has 1 unspecified atom stereocenters. The molecule has 0 aliphatic carbocycles. The minimum Gasteiger partial charge on any atom is -0.303 e. The van der Waals surface area contributed by atoms with Crippen LogP contribution in [-0.2, 0) is 4.79 Å². The summed E-state index contributed by atoms with van der Waals surface area (Å²) in [4.78, 5) is 10.7. The zero-order valence-corrected chi connectivity index (χ0v) is 9.86. The van der Waals surface area contributed by atoms with Crippen LogP contribution < -0.4 is 0 Å². The number of hydrogen-bond donors (Lipinski definition) is 0. The molecule has 0 fully saturated rings. The fourth-order valence-electron chi connectivity index (χ4n) is 1.98. The van der Waals surface area contributed by atoms with Gasteiger partial charge < -0.3 is 4.79 Å². The summed E-state index contributed by atoms with van der Waals surface area (Å²) in [5.41, 5.74) is 2.57. The van der Waals surface area contributed by atoms with Gasteiger partial charge in [-0.15, -0.1) is 0 Å². The third-order valence-corrected chi connectivity index (χ3v) is 2.65. The van der Waals surface area contributed by atoms with Gasteiger partial charge in [0.25, 0.3) is 0 Å². The van der Waals surface area contributed by atoms with E-state index in [1.54, 1.807) is 0 Å². The Bertz CT molecular complexity index is 315. The highest BCUT2D eigenvalue weighted by Crippen LogP contribution is 2.26. The fourth-order valence-corrected chi connectivity index (χ4v) is 1.98. The van der Waals surface area contributed by atoms with E-state index in [9.17, 15) is 4.79 Å². The lowest BCUT2D eigenvalue weighted by molar-refractivity contribution is -0.108. The summed E-state index contributed by atoms with van der Waals surface area (Å²) in [7, 11) is 0. The maximum absolute atomic E-state index is 10.7. The van der Waals surface area contributed by atoms with Gasteiger partial charge >= 0.3 is 0 Å². The smallest absolute Gasteiger partial charge is 0.120 e. The summed E-state index contributed by atoms with van der Waals surface area (Å²) in [6.07, 6.45) is 2.76. The first kappa shape index (κ1) is 12.0. The average Bonchev–Trinajstić information content (AvgIpc) is 2.16. The lowest BCUT2D eigenvalue weighted by Gasteiger charge is -2.17. The van der Waals surface area contributed by atoms with Crippen LogP contribution in [0.25, 0.3) is 0 Å². The van der Waals surface area contributed by atoms with E-state index in [0.29, 0.717) is 18.3 Å². The third-order valence-electron chi connectivity index (χ3n) is 2.65. The van der Waals surface area contributed by atoms with Crippen LogP contribution in [0.3, 0.4) is 0 Å². The second kappa shape index (κ2) is 5.69. The molecule has 0 bridgehead atoms. The van der Waals surface area contributed by atoms with Crippen LogP contribution in [0.2, 0.25) is 0 Å². The molecule has 0 heterocycles. The van der Waals surface area contributed by atoms with Crippen LogP contribution in [0, 0.1) is 12.8 Å². The molecule has 1 heteroatoms. The largest absolute Gasteiger partial charge is 0.303 e. The third kappa shape index (κ3) is 3.86. The van der Waals surface area contributed by atoms with Crippen LogP contribution in [0.15, 0.2) is 24.3 Å². The monoisotopic (exact) mass is 204 g/mol. The Morgan fingerprint density at radius 2 is 2.07 bits per heavy atom. The van der Waals surface area contributed by atoms with Crippen LogP contribution in [0.4, 0.5) is 0 Å². The van der Waals surface area contributed by atoms with Crippen molar-refractivity contribution in [3.05, 3.63) is 35.4 Å². The van der Waals surface area contributed by atoms with Gasteiger partial charge in [-0.3, -0.25) is 0 Å². The Kier molecular flexibility index (Phi) is 4.54. The molecule has 0 aliphatic heterocycles. The molecule has 0 aliphatic rings. The average molecular weight is 204 g/mol. The zero-order chi connectivity index (χ0) is 11.3. The van der Waals surface area contributed by atoms with Crippen LogP contribution in [0.1, 0.15) is 43.7 Å². The van der Waals surface area contributed by atoms with Gasteiger partial charge in [-0.25, -0.2) is 0 Å². The maximum atomic E-state index is 10.7. The van der Waals surface area contributed by atoms with E-state index in [1.165, 1.54) is 11.1 Å². The first-order valence-electron chi connectivity index (χ1n) is 5.63. The molecule has 1 nitrogen and oxygen atoms in total. The number of carbonyl (C=O) groups excluding carboxylic acids is 1. The van der Waals surface area contributed by atoms with Gasteiger partial charge in [-0.1, -0.05) is 43.7 Å². The highest BCUT2D eigenvalue weighted by Gasteiger charge is 2.12. The van der Waals surface area contributed by atoms with Crippen molar-refractivity contribution in [1.29, 1.82) is 0 Å². The predicted molar refractivity (Wildman–Crippen MR) is 64.1 cm³/mol. The Morgan fingerprint density at radius 1 is 1.33 bits per heavy atom. The van der Waals surface area contributed by atoms with E-state index in [4.69, 9.17) is 0 Å². The molecule has 0 radical (unpaired) electrons. The molecule has 1 rings (SSSR count). The molecule has 1 aromatic rings. The van der Waals surface area contributed by atoms with Crippen molar-refractivity contribution in [1.82, 2.24) is 0 Å². The lowest BCUT2D eigenvalue weighted by Crippen LogP contribution is -2.04. The Balaban J connectivity index is 2.82.